The second-order valence-corrected chi connectivity index (χ2v) is 6.81. The first-order valence-electron chi connectivity index (χ1n) is 6.33. The first-order chi connectivity index (χ1) is 10.4. The van der Waals surface area contributed by atoms with E-state index in [1.165, 1.54) is 30.0 Å². The Morgan fingerprint density at radius 1 is 1.45 bits per heavy atom. The van der Waals surface area contributed by atoms with Gasteiger partial charge < -0.3 is 9.88 Å². The number of rotatable bonds is 6. The van der Waals surface area contributed by atoms with Gasteiger partial charge in [-0.3, -0.25) is 4.79 Å². The molecule has 1 heterocycles. The number of sulfonamides is 1. The van der Waals surface area contributed by atoms with Gasteiger partial charge in [0.05, 0.1) is 10.6 Å². The second-order valence-electron chi connectivity index (χ2n) is 4.31. The third-order valence-corrected chi connectivity index (χ3v) is 4.59. The predicted molar refractivity (Wildman–Crippen MR) is 82.9 cm³/mol. The van der Waals surface area contributed by atoms with Gasteiger partial charge >= 0.3 is 0 Å². The van der Waals surface area contributed by atoms with Crippen molar-refractivity contribution in [3.63, 3.8) is 0 Å². The first-order valence-corrected chi connectivity index (χ1v) is 8.86. The molecule has 1 aromatic carbocycles. The highest BCUT2D eigenvalue weighted by Gasteiger charge is 2.11. The van der Waals surface area contributed by atoms with Gasteiger partial charge in [0, 0.05) is 12.2 Å². The minimum absolute atomic E-state index is 0.0521. The fourth-order valence-electron chi connectivity index (χ4n) is 1.65. The lowest BCUT2D eigenvalue weighted by molar-refractivity contribution is -0.113. The number of thioether (sulfide) groups is 1. The molecule has 0 spiro atoms. The number of nitrogens with two attached hydrogens (primary N) is 1. The summed E-state index contributed by atoms with van der Waals surface area (Å²) >= 11 is 1.25. The summed E-state index contributed by atoms with van der Waals surface area (Å²) in [6.45, 7) is 2.67. The van der Waals surface area contributed by atoms with Crippen LogP contribution in [0.25, 0.3) is 0 Å². The van der Waals surface area contributed by atoms with Gasteiger partial charge in [-0.15, -0.1) is 10.2 Å². The molecule has 0 aliphatic carbocycles. The van der Waals surface area contributed by atoms with E-state index < -0.39 is 10.0 Å². The van der Waals surface area contributed by atoms with Crippen LogP contribution in [0.1, 0.15) is 6.92 Å². The lowest BCUT2D eigenvalue weighted by atomic mass is 10.3. The molecular formula is C12H15N5O3S2. The van der Waals surface area contributed by atoms with Crippen LogP contribution in [0.2, 0.25) is 0 Å². The summed E-state index contributed by atoms with van der Waals surface area (Å²) in [5.74, 6) is -0.139. The number of hydrogen-bond donors (Lipinski definition) is 2. The lowest BCUT2D eigenvalue weighted by Gasteiger charge is -2.06. The van der Waals surface area contributed by atoms with Gasteiger partial charge in [-0.1, -0.05) is 17.8 Å². The van der Waals surface area contributed by atoms with Crippen LogP contribution in [0.4, 0.5) is 5.69 Å². The number of aromatic nitrogens is 3. The normalized spacial score (nSPS) is 11.4. The Balaban J connectivity index is 1.98. The molecule has 0 aliphatic rings. The molecule has 2 aromatic rings. The van der Waals surface area contributed by atoms with Gasteiger partial charge in [-0.05, 0) is 25.1 Å². The molecule has 0 fully saturated rings. The van der Waals surface area contributed by atoms with Crippen molar-refractivity contribution < 1.29 is 13.2 Å². The zero-order chi connectivity index (χ0) is 16.2. The van der Waals surface area contributed by atoms with Crippen molar-refractivity contribution in [2.45, 2.75) is 23.5 Å². The zero-order valence-electron chi connectivity index (χ0n) is 11.8. The molecule has 118 valence electrons. The second kappa shape index (κ2) is 6.90. The Morgan fingerprint density at radius 2 is 2.23 bits per heavy atom. The number of anilines is 1. The van der Waals surface area contributed by atoms with Gasteiger partial charge in [0.25, 0.3) is 0 Å². The fourth-order valence-corrected chi connectivity index (χ4v) is 2.99. The van der Waals surface area contributed by atoms with E-state index in [1.54, 1.807) is 12.4 Å². The number of nitrogens with one attached hydrogen (secondary N) is 1. The molecule has 22 heavy (non-hydrogen) atoms. The third-order valence-electron chi connectivity index (χ3n) is 2.70. The van der Waals surface area contributed by atoms with Crippen LogP contribution >= 0.6 is 11.8 Å². The zero-order valence-corrected chi connectivity index (χ0v) is 13.4. The van der Waals surface area contributed by atoms with Crippen LogP contribution in [-0.2, 0) is 21.4 Å². The Labute approximate surface area is 132 Å². The van der Waals surface area contributed by atoms with Crippen molar-refractivity contribution >= 4 is 33.4 Å². The molecule has 10 heteroatoms. The highest BCUT2D eigenvalue weighted by atomic mass is 32.2. The number of aryl methyl sites for hydroxylation is 1. The van der Waals surface area contributed by atoms with Crippen LogP contribution < -0.4 is 10.5 Å². The molecule has 1 amide bonds. The van der Waals surface area contributed by atoms with Crippen molar-refractivity contribution in [1.29, 1.82) is 0 Å². The highest BCUT2D eigenvalue weighted by molar-refractivity contribution is 7.99. The summed E-state index contributed by atoms with van der Waals surface area (Å²) in [5, 5.41) is 16.0. The van der Waals surface area contributed by atoms with Crippen molar-refractivity contribution in [3.8, 4) is 0 Å². The molecule has 0 bridgehead atoms. The van der Waals surface area contributed by atoms with E-state index in [0.29, 0.717) is 17.4 Å². The molecule has 0 atom stereocenters. The average Bonchev–Trinajstić information content (AvgIpc) is 2.92. The van der Waals surface area contributed by atoms with E-state index in [9.17, 15) is 13.2 Å². The van der Waals surface area contributed by atoms with E-state index >= 15 is 0 Å². The van der Waals surface area contributed by atoms with Crippen molar-refractivity contribution in [1.82, 2.24) is 14.8 Å². The number of benzene rings is 1. The summed E-state index contributed by atoms with van der Waals surface area (Å²) in [7, 11) is -3.80. The van der Waals surface area contributed by atoms with Gasteiger partial charge in [-0.25, -0.2) is 13.6 Å². The number of nitrogens with zero attached hydrogens (tertiary/aromatic N) is 3. The quantitative estimate of drug-likeness (QED) is 0.745. The van der Waals surface area contributed by atoms with Crippen molar-refractivity contribution in [2.75, 3.05) is 11.1 Å². The maximum absolute atomic E-state index is 11.9. The highest BCUT2D eigenvalue weighted by Crippen LogP contribution is 2.17. The SMILES string of the molecule is CCn1cnnc1SCC(=O)Nc1cccc(S(N)(=O)=O)c1. The summed E-state index contributed by atoms with van der Waals surface area (Å²) < 4.78 is 24.4. The summed E-state index contributed by atoms with van der Waals surface area (Å²) in [6, 6.07) is 5.78. The van der Waals surface area contributed by atoms with E-state index in [-0.39, 0.29) is 16.6 Å². The number of hydrogen-bond acceptors (Lipinski definition) is 6. The minimum atomic E-state index is -3.80. The van der Waals surface area contributed by atoms with Crippen LogP contribution in [0.15, 0.2) is 40.6 Å². The van der Waals surface area contributed by atoms with Gasteiger partial charge in [0.1, 0.15) is 6.33 Å². The molecule has 0 aliphatic heterocycles. The Bertz CT molecular complexity index is 773. The lowest BCUT2D eigenvalue weighted by Crippen LogP contribution is -2.16. The van der Waals surface area contributed by atoms with Crippen molar-refractivity contribution in [2.24, 2.45) is 5.14 Å². The maximum Gasteiger partial charge on any atom is 0.238 e. The third kappa shape index (κ3) is 4.29. The Hall–Kier alpha value is -1.91. The number of carbonyl (C=O) groups is 1. The molecule has 0 saturated heterocycles. The molecule has 3 N–H and O–H groups in total. The fraction of sp³-hybridized carbons (Fsp3) is 0.250. The van der Waals surface area contributed by atoms with Gasteiger partial charge in [-0.2, -0.15) is 0 Å². The maximum atomic E-state index is 11.9. The summed E-state index contributed by atoms with van der Waals surface area (Å²) in [4.78, 5) is 11.8. The average molecular weight is 341 g/mol. The monoisotopic (exact) mass is 341 g/mol. The number of primary sulfonamides is 1. The van der Waals surface area contributed by atoms with Crippen LogP contribution in [0.3, 0.4) is 0 Å². The molecule has 0 saturated carbocycles. The molecule has 8 nitrogen and oxygen atoms in total. The molecule has 2 rings (SSSR count). The first kappa shape index (κ1) is 16.5. The van der Waals surface area contributed by atoms with Crippen LogP contribution in [0.5, 0.6) is 0 Å². The molecule has 0 radical (unpaired) electrons. The smallest absolute Gasteiger partial charge is 0.238 e. The summed E-state index contributed by atoms with van der Waals surface area (Å²) in [6.07, 6.45) is 1.59. The van der Waals surface area contributed by atoms with E-state index in [1.807, 2.05) is 11.5 Å². The predicted octanol–water partition coefficient (Wildman–Crippen LogP) is 0.676. The van der Waals surface area contributed by atoms with Gasteiger partial charge in [0.15, 0.2) is 5.16 Å². The molecular weight excluding hydrogens is 326 g/mol. The van der Waals surface area contributed by atoms with Crippen molar-refractivity contribution in [3.05, 3.63) is 30.6 Å². The number of carbonyl (C=O) groups excluding carboxylic acids is 1. The number of amides is 1. The van der Waals surface area contributed by atoms with E-state index in [0.717, 1.165) is 0 Å². The molecule has 0 unspecified atom stereocenters. The minimum Gasteiger partial charge on any atom is -0.325 e. The largest absolute Gasteiger partial charge is 0.325 e. The molecule has 1 aromatic heterocycles. The standard InChI is InChI=1S/C12H15N5O3S2/c1-2-17-8-14-16-12(17)21-7-11(18)15-9-4-3-5-10(6-9)22(13,19)20/h3-6,8H,2,7H2,1H3,(H,15,18)(H2,13,19,20). The van der Waals surface area contributed by atoms with Gasteiger partial charge in [0.2, 0.25) is 15.9 Å². The van der Waals surface area contributed by atoms with Crippen LogP contribution in [-0.4, -0.2) is 34.8 Å². The summed E-state index contributed by atoms with van der Waals surface area (Å²) in [5.41, 5.74) is 0.370. The van der Waals surface area contributed by atoms with E-state index in [4.69, 9.17) is 5.14 Å². The Kier molecular flexibility index (Phi) is 5.16. The van der Waals surface area contributed by atoms with Crippen LogP contribution in [0, 0.1) is 0 Å². The van der Waals surface area contributed by atoms with E-state index in [2.05, 4.69) is 15.5 Å². The Morgan fingerprint density at radius 3 is 2.91 bits per heavy atom. The topological polar surface area (TPSA) is 120 Å².